The second-order valence-electron chi connectivity index (χ2n) is 10.6. The van der Waals surface area contributed by atoms with Crippen molar-refractivity contribution in [2.75, 3.05) is 16.8 Å². The number of ether oxygens (including phenoxy) is 2. The third-order valence-electron chi connectivity index (χ3n) is 7.81. The normalized spacial score (nSPS) is 12.2. The summed E-state index contributed by atoms with van der Waals surface area (Å²) in [4.78, 5) is 30.4. The summed E-state index contributed by atoms with van der Waals surface area (Å²) in [6.45, 7) is 0. The molecule has 0 atom stereocenters. The van der Waals surface area contributed by atoms with Crippen LogP contribution in [-0.4, -0.2) is 7.05 Å². The van der Waals surface area contributed by atoms with Gasteiger partial charge in [0.15, 0.2) is 11.5 Å². The molecule has 8 heteroatoms. The average molecular weight is 593 g/mol. The van der Waals surface area contributed by atoms with Crippen LogP contribution in [0.2, 0.25) is 0 Å². The first-order valence-corrected chi connectivity index (χ1v) is 14.3. The minimum Gasteiger partial charge on any atom is -0.447 e. The van der Waals surface area contributed by atoms with Crippen LogP contribution in [0.5, 0.6) is 23.0 Å². The molecule has 5 aromatic carbocycles. The van der Waals surface area contributed by atoms with Crippen molar-refractivity contribution in [3.05, 3.63) is 148 Å². The fourth-order valence-corrected chi connectivity index (χ4v) is 5.73. The number of anilines is 5. The number of nitrogens with zero attached hydrogens (tertiary/aromatic N) is 2. The van der Waals surface area contributed by atoms with Crippen LogP contribution in [0, 0.1) is 0 Å². The molecule has 8 rings (SSSR count). The second kappa shape index (κ2) is 10.5. The first-order chi connectivity index (χ1) is 22.0. The Bertz CT molecular complexity index is 2220. The van der Waals surface area contributed by atoms with E-state index in [-0.39, 0.29) is 11.5 Å². The Morgan fingerprint density at radius 2 is 0.911 bits per heavy atom. The molecule has 0 fully saturated rings. The summed E-state index contributed by atoms with van der Waals surface area (Å²) in [7, 11) is 2.01. The standard InChI is InChI=1S/C37H24N2O6/c1-38-25-13-4-6-15-27(25)39(28-16-7-5-14-26(28)38)35-31(42-33-21-23-11-2-8-17-29(23)44-36(33)40)19-10-20-32(35)43-34-22-24-12-3-9-18-30(24)45-37(34)41/h2-22H,1H3. The van der Waals surface area contributed by atoms with Crippen molar-refractivity contribution in [1.82, 2.24) is 0 Å². The van der Waals surface area contributed by atoms with Crippen LogP contribution in [-0.2, 0) is 0 Å². The van der Waals surface area contributed by atoms with Crippen LogP contribution in [0.25, 0.3) is 21.9 Å². The lowest BCUT2D eigenvalue weighted by Crippen LogP contribution is -2.24. The Morgan fingerprint density at radius 1 is 0.489 bits per heavy atom. The van der Waals surface area contributed by atoms with E-state index in [0.717, 1.165) is 22.7 Å². The summed E-state index contributed by atoms with van der Waals surface area (Å²) in [6.07, 6.45) is 0. The lowest BCUT2D eigenvalue weighted by molar-refractivity contribution is 0.423. The number of rotatable bonds is 5. The molecule has 0 saturated heterocycles. The van der Waals surface area contributed by atoms with E-state index >= 15 is 0 Å². The summed E-state index contributed by atoms with van der Waals surface area (Å²) >= 11 is 0. The van der Waals surface area contributed by atoms with Gasteiger partial charge in [-0.05, 0) is 60.7 Å². The summed E-state index contributed by atoms with van der Waals surface area (Å²) in [5.74, 6) is 0.643. The summed E-state index contributed by atoms with van der Waals surface area (Å²) in [6, 6.07) is 38.9. The van der Waals surface area contributed by atoms with Crippen LogP contribution >= 0.6 is 0 Å². The molecule has 0 saturated carbocycles. The van der Waals surface area contributed by atoms with E-state index in [4.69, 9.17) is 18.3 Å². The van der Waals surface area contributed by atoms with Crippen LogP contribution in [0.3, 0.4) is 0 Å². The fourth-order valence-electron chi connectivity index (χ4n) is 5.73. The molecule has 0 amide bonds. The highest BCUT2D eigenvalue weighted by molar-refractivity contribution is 6.00. The van der Waals surface area contributed by atoms with Crippen LogP contribution in [0.1, 0.15) is 0 Å². The van der Waals surface area contributed by atoms with Gasteiger partial charge in [-0.1, -0.05) is 66.7 Å². The zero-order chi connectivity index (χ0) is 30.5. The van der Waals surface area contributed by atoms with Crippen molar-refractivity contribution < 1.29 is 18.3 Å². The van der Waals surface area contributed by atoms with Crippen LogP contribution in [0.4, 0.5) is 28.4 Å². The predicted octanol–water partition coefficient (Wildman–Crippen LogP) is 9.04. The number of para-hydroxylation sites is 7. The molecule has 7 aromatic rings. The van der Waals surface area contributed by atoms with Gasteiger partial charge in [-0.15, -0.1) is 0 Å². The van der Waals surface area contributed by atoms with Gasteiger partial charge in [0.05, 0.1) is 22.7 Å². The molecular weight excluding hydrogens is 568 g/mol. The lowest BCUT2D eigenvalue weighted by atomic mass is 10.1. The van der Waals surface area contributed by atoms with Gasteiger partial charge in [-0.2, -0.15) is 0 Å². The maximum Gasteiger partial charge on any atom is 0.379 e. The quantitative estimate of drug-likeness (QED) is 0.183. The Kier molecular flexibility index (Phi) is 6.13. The first kappa shape index (κ1) is 26.4. The number of fused-ring (bicyclic) bond motifs is 4. The van der Waals surface area contributed by atoms with Gasteiger partial charge < -0.3 is 23.2 Å². The van der Waals surface area contributed by atoms with E-state index in [1.165, 1.54) is 0 Å². The molecule has 218 valence electrons. The maximum atomic E-state index is 13.1. The van der Waals surface area contributed by atoms with Gasteiger partial charge in [0, 0.05) is 17.8 Å². The Hall–Kier alpha value is -6.28. The molecule has 0 spiro atoms. The molecule has 0 N–H and O–H groups in total. The predicted molar refractivity (Wildman–Crippen MR) is 174 cm³/mol. The zero-order valence-electron chi connectivity index (χ0n) is 24.0. The van der Waals surface area contributed by atoms with Crippen molar-refractivity contribution in [2.24, 2.45) is 0 Å². The Balaban J connectivity index is 1.36. The van der Waals surface area contributed by atoms with Gasteiger partial charge in [-0.25, -0.2) is 9.59 Å². The Morgan fingerprint density at radius 3 is 1.40 bits per heavy atom. The van der Waals surface area contributed by atoms with E-state index < -0.39 is 11.3 Å². The molecule has 0 radical (unpaired) electrons. The third kappa shape index (κ3) is 4.47. The van der Waals surface area contributed by atoms with E-state index in [1.54, 1.807) is 54.6 Å². The SMILES string of the molecule is CN1c2ccccc2N(c2c(Oc3cc4ccccc4oc3=O)cccc2Oc2cc3ccccc3oc2=O)c2ccccc21. The number of hydrogen-bond acceptors (Lipinski definition) is 8. The Labute approximate surface area is 256 Å². The molecule has 0 bridgehead atoms. The molecule has 1 aliphatic rings. The van der Waals surface area contributed by atoms with Gasteiger partial charge in [0.2, 0.25) is 11.5 Å². The number of hydrogen-bond donors (Lipinski definition) is 0. The fraction of sp³-hybridized carbons (Fsp3) is 0.0270. The smallest absolute Gasteiger partial charge is 0.379 e. The third-order valence-corrected chi connectivity index (χ3v) is 7.81. The topological polar surface area (TPSA) is 85.4 Å². The summed E-state index contributed by atoms with van der Waals surface area (Å²) in [5, 5.41) is 1.43. The second-order valence-corrected chi connectivity index (χ2v) is 10.6. The van der Waals surface area contributed by atoms with Crippen molar-refractivity contribution >= 4 is 50.4 Å². The van der Waals surface area contributed by atoms with E-state index in [9.17, 15) is 9.59 Å². The molecule has 2 aromatic heterocycles. The minimum atomic E-state index is -0.625. The monoisotopic (exact) mass is 592 g/mol. The van der Waals surface area contributed by atoms with E-state index in [0.29, 0.717) is 39.1 Å². The van der Waals surface area contributed by atoms with Crippen molar-refractivity contribution in [3.63, 3.8) is 0 Å². The minimum absolute atomic E-state index is 0.00742. The van der Waals surface area contributed by atoms with Gasteiger partial charge in [-0.3, -0.25) is 4.90 Å². The van der Waals surface area contributed by atoms with Crippen molar-refractivity contribution in [2.45, 2.75) is 0 Å². The first-order valence-electron chi connectivity index (χ1n) is 14.3. The van der Waals surface area contributed by atoms with Gasteiger partial charge in [0.25, 0.3) is 0 Å². The van der Waals surface area contributed by atoms with Gasteiger partial charge in [0.1, 0.15) is 16.9 Å². The van der Waals surface area contributed by atoms with Crippen LogP contribution in [0.15, 0.2) is 146 Å². The zero-order valence-corrected chi connectivity index (χ0v) is 24.0. The molecule has 45 heavy (non-hydrogen) atoms. The van der Waals surface area contributed by atoms with Crippen LogP contribution < -0.4 is 30.5 Å². The molecule has 0 aliphatic carbocycles. The largest absolute Gasteiger partial charge is 0.447 e. The van der Waals surface area contributed by atoms with Crippen molar-refractivity contribution in [3.8, 4) is 23.0 Å². The molecular formula is C37H24N2O6. The highest BCUT2D eigenvalue weighted by Gasteiger charge is 2.32. The molecule has 1 aliphatic heterocycles. The maximum absolute atomic E-state index is 13.1. The highest BCUT2D eigenvalue weighted by atomic mass is 16.5. The van der Waals surface area contributed by atoms with E-state index in [2.05, 4.69) is 4.90 Å². The molecule has 8 nitrogen and oxygen atoms in total. The number of benzene rings is 5. The molecule has 0 unspecified atom stereocenters. The average Bonchev–Trinajstić information content (AvgIpc) is 3.06. The summed E-state index contributed by atoms with van der Waals surface area (Å²) < 4.78 is 23.9. The molecule has 3 heterocycles. The lowest BCUT2D eigenvalue weighted by Gasteiger charge is -2.39. The van der Waals surface area contributed by atoms with Crippen molar-refractivity contribution in [1.29, 1.82) is 0 Å². The van der Waals surface area contributed by atoms with Gasteiger partial charge >= 0.3 is 11.3 Å². The summed E-state index contributed by atoms with van der Waals surface area (Å²) in [5.41, 5.74) is 3.70. The van der Waals surface area contributed by atoms with E-state index in [1.807, 2.05) is 84.7 Å². The highest BCUT2D eigenvalue weighted by Crippen LogP contribution is 2.55.